The second-order valence-corrected chi connectivity index (χ2v) is 12.8. The summed E-state index contributed by atoms with van der Waals surface area (Å²) in [6.45, 7) is 13.6. The number of ether oxygens (including phenoxy) is 1. The Hall–Kier alpha value is -3.47. The van der Waals surface area contributed by atoms with Crippen LogP contribution in [0.3, 0.4) is 0 Å². The summed E-state index contributed by atoms with van der Waals surface area (Å²) >= 11 is 0. The molecular weight excluding hydrogens is 520 g/mol. The summed E-state index contributed by atoms with van der Waals surface area (Å²) in [6, 6.07) is 5.52. The topological polar surface area (TPSA) is 115 Å². The van der Waals surface area contributed by atoms with Gasteiger partial charge in [0.1, 0.15) is 11.4 Å². The fourth-order valence-corrected chi connectivity index (χ4v) is 5.79. The standard InChI is InChI=1S/C30H44N8O3/c1-29(2,3)41-28(40)37-16-14-36(15-17-37)12-7-13-38-21-23(20-32-38)22-18-25-24(31-19-22)8-9-26(33-25)34-27(39)35-30(4)10-5-6-11-30/h8-9,18-20,23H,5-7,10-17,21H2,1-4H3,(H2,33,34,35,39). The van der Waals surface area contributed by atoms with Crippen LogP contribution in [0.15, 0.2) is 29.5 Å². The van der Waals surface area contributed by atoms with Crippen molar-refractivity contribution in [1.82, 2.24) is 30.1 Å². The molecule has 2 aromatic heterocycles. The van der Waals surface area contributed by atoms with Crippen molar-refractivity contribution in [3.05, 3.63) is 30.0 Å². The van der Waals surface area contributed by atoms with Crippen molar-refractivity contribution in [2.75, 3.05) is 51.1 Å². The highest BCUT2D eigenvalue weighted by Crippen LogP contribution is 2.29. The van der Waals surface area contributed by atoms with E-state index < -0.39 is 5.60 Å². The summed E-state index contributed by atoms with van der Waals surface area (Å²) in [5.74, 6) is 0.664. The number of hydrogen-bond acceptors (Lipinski definition) is 8. The lowest BCUT2D eigenvalue weighted by Crippen LogP contribution is -2.50. The summed E-state index contributed by atoms with van der Waals surface area (Å²) in [5.41, 5.74) is 2.01. The van der Waals surface area contributed by atoms with Crippen LogP contribution in [0.2, 0.25) is 0 Å². The average Bonchev–Trinajstić information content (AvgIpc) is 3.57. The SMILES string of the molecule is CC1(NC(=O)Nc2ccc3ncc(C4C=NN(CCCN5CCN(C(=O)OC(C)(C)C)CC5)C4)cc3n2)CCCC1. The molecule has 11 heteroatoms. The smallest absolute Gasteiger partial charge is 0.410 e. The van der Waals surface area contributed by atoms with E-state index in [9.17, 15) is 9.59 Å². The molecule has 1 aliphatic carbocycles. The molecule has 41 heavy (non-hydrogen) atoms. The van der Waals surface area contributed by atoms with Crippen LogP contribution in [0.5, 0.6) is 0 Å². The van der Waals surface area contributed by atoms with Gasteiger partial charge in [-0.2, -0.15) is 5.10 Å². The molecule has 2 N–H and O–H groups in total. The van der Waals surface area contributed by atoms with Crippen molar-refractivity contribution in [3.8, 4) is 0 Å². The molecule has 1 unspecified atom stereocenters. The third-order valence-electron chi connectivity index (χ3n) is 8.08. The summed E-state index contributed by atoms with van der Waals surface area (Å²) in [4.78, 5) is 38.3. The van der Waals surface area contributed by atoms with E-state index >= 15 is 0 Å². The number of hydrogen-bond donors (Lipinski definition) is 2. The van der Waals surface area contributed by atoms with Gasteiger partial charge >= 0.3 is 12.1 Å². The maximum Gasteiger partial charge on any atom is 0.410 e. The maximum absolute atomic E-state index is 12.6. The predicted octanol–water partition coefficient (Wildman–Crippen LogP) is 4.41. The molecule has 0 aromatic carbocycles. The van der Waals surface area contributed by atoms with Gasteiger partial charge in [-0.1, -0.05) is 12.8 Å². The number of fused-ring (bicyclic) bond motifs is 1. The van der Waals surface area contributed by atoms with E-state index in [1.54, 1.807) is 11.0 Å². The van der Waals surface area contributed by atoms with E-state index in [4.69, 9.17) is 4.74 Å². The number of rotatable bonds is 7. The van der Waals surface area contributed by atoms with Crippen LogP contribution in [-0.2, 0) is 4.74 Å². The van der Waals surface area contributed by atoms with Gasteiger partial charge in [0.05, 0.1) is 11.0 Å². The Morgan fingerprint density at radius 2 is 1.83 bits per heavy atom. The number of urea groups is 1. The minimum Gasteiger partial charge on any atom is -0.444 e. The molecule has 2 fully saturated rings. The lowest BCUT2D eigenvalue weighted by Gasteiger charge is -2.35. The number of nitrogens with one attached hydrogen (secondary N) is 2. The van der Waals surface area contributed by atoms with Crippen molar-refractivity contribution in [2.24, 2.45) is 5.10 Å². The van der Waals surface area contributed by atoms with Gasteiger partial charge in [-0.25, -0.2) is 14.6 Å². The molecule has 11 nitrogen and oxygen atoms in total. The van der Waals surface area contributed by atoms with Gasteiger partial charge in [-0.15, -0.1) is 0 Å². The van der Waals surface area contributed by atoms with Gasteiger partial charge in [0.25, 0.3) is 0 Å². The van der Waals surface area contributed by atoms with E-state index in [1.165, 1.54) is 0 Å². The lowest BCUT2D eigenvalue weighted by atomic mass is 10.0. The fraction of sp³-hybridized carbons (Fsp3) is 0.633. The first-order chi connectivity index (χ1) is 19.6. The molecular formula is C30H44N8O3. The second-order valence-electron chi connectivity index (χ2n) is 12.8. The highest BCUT2D eigenvalue weighted by atomic mass is 16.6. The van der Waals surface area contributed by atoms with Gasteiger partial charge < -0.3 is 15.0 Å². The first-order valence-electron chi connectivity index (χ1n) is 14.9. The van der Waals surface area contributed by atoms with E-state index in [1.807, 2.05) is 45.3 Å². The number of pyridine rings is 2. The summed E-state index contributed by atoms with van der Waals surface area (Å²) in [7, 11) is 0. The van der Waals surface area contributed by atoms with Crippen molar-refractivity contribution in [1.29, 1.82) is 0 Å². The molecule has 5 rings (SSSR count). The zero-order valence-electron chi connectivity index (χ0n) is 24.9. The van der Waals surface area contributed by atoms with Crippen LogP contribution in [0, 0.1) is 0 Å². The minimum absolute atomic E-state index is 0.139. The number of anilines is 1. The Morgan fingerprint density at radius 1 is 1.07 bits per heavy atom. The molecule has 0 spiro atoms. The Bertz CT molecular complexity index is 1260. The van der Waals surface area contributed by atoms with Gasteiger partial charge in [0, 0.05) is 69.7 Å². The Morgan fingerprint density at radius 3 is 2.56 bits per heavy atom. The zero-order valence-corrected chi connectivity index (χ0v) is 24.9. The van der Waals surface area contributed by atoms with E-state index in [0.717, 1.165) is 81.4 Å². The predicted molar refractivity (Wildman–Crippen MR) is 160 cm³/mol. The number of piperazine rings is 1. The van der Waals surface area contributed by atoms with Crippen LogP contribution in [-0.4, -0.2) is 100 Å². The first-order valence-corrected chi connectivity index (χ1v) is 14.9. The first kappa shape index (κ1) is 29.0. The number of hydrazone groups is 1. The molecule has 3 amide bonds. The number of carbonyl (C=O) groups excluding carboxylic acids is 2. The van der Waals surface area contributed by atoms with E-state index in [0.29, 0.717) is 18.9 Å². The molecule has 4 heterocycles. The number of carbonyl (C=O) groups is 2. The summed E-state index contributed by atoms with van der Waals surface area (Å²) < 4.78 is 5.50. The van der Waals surface area contributed by atoms with Gasteiger partial charge in [-0.3, -0.25) is 20.2 Å². The Balaban J connectivity index is 1.07. The zero-order chi connectivity index (χ0) is 29.0. The summed E-state index contributed by atoms with van der Waals surface area (Å²) in [6.07, 6.45) is 8.97. The highest BCUT2D eigenvalue weighted by Gasteiger charge is 2.30. The van der Waals surface area contributed by atoms with Crippen molar-refractivity contribution >= 4 is 35.2 Å². The van der Waals surface area contributed by atoms with Crippen LogP contribution < -0.4 is 10.6 Å². The molecule has 0 bridgehead atoms. The van der Waals surface area contributed by atoms with Crippen LogP contribution in [0.25, 0.3) is 11.0 Å². The minimum atomic E-state index is -0.465. The third kappa shape index (κ3) is 7.84. The van der Waals surface area contributed by atoms with Crippen molar-refractivity contribution in [2.45, 2.75) is 76.9 Å². The molecule has 1 saturated carbocycles. The van der Waals surface area contributed by atoms with Gasteiger partial charge in [-0.05, 0) is 70.7 Å². The quantitative estimate of drug-likeness (QED) is 0.512. The molecule has 1 saturated heterocycles. The van der Waals surface area contributed by atoms with Crippen LogP contribution in [0.4, 0.5) is 15.4 Å². The number of aromatic nitrogens is 2. The van der Waals surface area contributed by atoms with Gasteiger partial charge in [0.15, 0.2) is 0 Å². The monoisotopic (exact) mass is 564 g/mol. The van der Waals surface area contributed by atoms with Crippen LogP contribution in [0.1, 0.15) is 71.3 Å². The average molecular weight is 565 g/mol. The Labute approximate surface area is 242 Å². The van der Waals surface area contributed by atoms with E-state index in [-0.39, 0.29) is 23.6 Å². The van der Waals surface area contributed by atoms with Crippen LogP contribution >= 0.6 is 0 Å². The summed E-state index contributed by atoms with van der Waals surface area (Å²) in [5, 5.41) is 12.8. The van der Waals surface area contributed by atoms with Gasteiger partial charge in [0.2, 0.25) is 0 Å². The molecule has 222 valence electrons. The van der Waals surface area contributed by atoms with E-state index in [2.05, 4.69) is 42.5 Å². The maximum atomic E-state index is 12.6. The van der Waals surface area contributed by atoms with Crippen molar-refractivity contribution < 1.29 is 14.3 Å². The number of amides is 3. The molecule has 3 aliphatic rings. The highest BCUT2D eigenvalue weighted by molar-refractivity contribution is 5.90. The largest absolute Gasteiger partial charge is 0.444 e. The molecule has 2 aromatic rings. The third-order valence-corrected chi connectivity index (χ3v) is 8.08. The molecule has 2 aliphatic heterocycles. The normalized spacial score (nSPS) is 20.9. The second kappa shape index (κ2) is 12.2. The lowest BCUT2D eigenvalue weighted by molar-refractivity contribution is 0.0143. The fourth-order valence-electron chi connectivity index (χ4n) is 5.79. The molecule has 1 atom stereocenters. The molecule has 0 radical (unpaired) electrons. The Kier molecular flexibility index (Phi) is 8.63. The number of nitrogens with zero attached hydrogens (tertiary/aromatic N) is 6. The van der Waals surface area contributed by atoms with Crippen molar-refractivity contribution in [3.63, 3.8) is 0 Å².